The van der Waals surface area contributed by atoms with Crippen LogP contribution in [0, 0.1) is 0 Å². The summed E-state index contributed by atoms with van der Waals surface area (Å²) < 4.78 is 63.9. The van der Waals surface area contributed by atoms with Crippen LogP contribution < -0.4 is 70.6 Å². The van der Waals surface area contributed by atoms with Gasteiger partial charge in [0.15, 0.2) is 0 Å². The Bertz CT molecular complexity index is 1150. The number of rotatable bonds is 2. The first-order chi connectivity index (χ1) is 12.0. The molecular weight excluding hydrogens is 426 g/mol. The molecule has 0 saturated heterocycles. The van der Waals surface area contributed by atoms with Crippen LogP contribution in [0.25, 0.3) is 10.8 Å². The fourth-order valence-corrected chi connectivity index (χ4v) is 3.30. The number of hydrogen-bond acceptors (Lipinski definition) is 8. The minimum Gasteiger partial charge on any atom is -0.744 e. The Hall–Kier alpha value is -0.660. The van der Waals surface area contributed by atoms with Crippen molar-refractivity contribution in [2.45, 2.75) is 9.79 Å². The van der Waals surface area contributed by atoms with Crippen LogP contribution in [0.4, 0.5) is 11.4 Å². The molecule has 0 aromatic heterocycles. The van der Waals surface area contributed by atoms with E-state index in [4.69, 9.17) is 11.5 Å². The Kier molecular flexibility index (Phi) is 10.7. The molecule has 3 aromatic rings. The summed E-state index contributed by atoms with van der Waals surface area (Å²) in [5.74, 6) is 0. The molecule has 3 rings (SSSR count). The maximum absolute atomic E-state index is 11.0. The van der Waals surface area contributed by atoms with Gasteiger partial charge in [0, 0.05) is 22.1 Å². The van der Waals surface area contributed by atoms with Gasteiger partial charge in [-0.3, -0.25) is 0 Å². The third-order valence-corrected chi connectivity index (χ3v) is 5.10. The van der Waals surface area contributed by atoms with Gasteiger partial charge in [-0.05, 0) is 36.4 Å². The first-order valence-corrected chi connectivity index (χ1v) is 9.86. The summed E-state index contributed by atoms with van der Waals surface area (Å²) in [7, 11) is -8.78. The van der Waals surface area contributed by atoms with Gasteiger partial charge in [-0.1, -0.05) is 24.3 Å². The molecule has 0 aliphatic carbocycles. The number of fused-ring (bicyclic) bond motifs is 1. The Labute approximate surface area is 207 Å². The summed E-state index contributed by atoms with van der Waals surface area (Å²) in [5.41, 5.74) is 11.8. The van der Waals surface area contributed by atoms with E-state index >= 15 is 0 Å². The molecule has 3 aromatic carbocycles. The quantitative estimate of drug-likeness (QED) is 0.228. The summed E-state index contributed by atoms with van der Waals surface area (Å²) in [6.07, 6.45) is 0. The van der Waals surface area contributed by atoms with Crippen molar-refractivity contribution in [3.8, 4) is 0 Å². The van der Waals surface area contributed by atoms with E-state index < -0.39 is 20.2 Å². The van der Waals surface area contributed by atoms with Crippen LogP contribution in [0.3, 0.4) is 0 Å². The molecule has 0 atom stereocenters. The van der Waals surface area contributed by atoms with E-state index in [9.17, 15) is 25.9 Å². The minimum absolute atomic E-state index is 0. The second-order valence-corrected chi connectivity index (χ2v) is 7.90. The van der Waals surface area contributed by atoms with E-state index in [0.717, 1.165) is 0 Å². The van der Waals surface area contributed by atoms with E-state index in [-0.39, 0.29) is 68.9 Å². The summed E-state index contributed by atoms with van der Waals surface area (Å²) in [6, 6.07) is 14.4. The standard InChI is InChI=1S/C10H9NO3S.C6H7NO3S.2Na/c11-9-5-6-10(15(12,13)14)8-4-2-1-3-7(8)9;7-5-1-3-6(4-2-5)11(8,9)10;;/h1-6H,11H2,(H,12,13,14);1-4H,7H2,(H,8,9,10);;/q;;2*+1/p-2. The summed E-state index contributed by atoms with van der Waals surface area (Å²) in [5, 5.41) is 0.946. The molecule has 0 amide bonds. The van der Waals surface area contributed by atoms with Gasteiger partial charge in [-0.25, -0.2) is 16.8 Å². The number of anilines is 2. The summed E-state index contributed by atoms with van der Waals surface area (Å²) in [4.78, 5) is -0.487. The van der Waals surface area contributed by atoms with E-state index in [1.807, 2.05) is 0 Å². The van der Waals surface area contributed by atoms with Crippen molar-refractivity contribution in [1.29, 1.82) is 0 Å². The maximum Gasteiger partial charge on any atom is 1.00 e. The van der Waals surface area contributed by atoms with Gasteiger partial charge in [0.1, 0.15) is 20.2 Å². The Morgan fingerprint density at radius 3 is 1.61 bits per heavy atom. The normalized spacial score (nSPS) is 10.8. The van der Waals surface area contributed by atoms with Crippen LogP contribution in [-0.4, -0.2) is 25.9 Å². The molecule has 138 valence electrons. The number of hydrogen-bond donors (Lipinski definition) is 2. The summed E-state index contributed by atoms with van der Waals surface area (Å²) >= 11 is 0. The Morgan fingerprint density at radius 1 is 0.643 bits per heavy atom. The van der Waals surface area contributed by atoms with Gasteiger partial charge in [0.05, 0.1) is 9.79 Å². The van der Waals surface area contributed by atoms with Crippen LogP contribution >= 0.6 is 0 Å². The second-order valence-electron chi connectivity index (χ2n) is 5.18. The van der Waals surface area contributed by atoms with Crippen LogP contribution in [0.5, 0.6) is 0 Å². The van der Waals surface area contributed by atoms with E-state index in [1.165, 1.54) is 36.4 Å². The molecule has 0 radical (unpaired) electrons. The van der Waals surface area contributed by atoms with Gasteiger partial charge in [0.25, 0.3) is 0 Å². The van der Waals surface area contributed by atoms with Gasteiger partial charge in [0.2, 0.25) is 0 Å². The van der Waals surface area contributed by atoms with Crippen LogP contribution in [0.1, 0.15) is 0 Å². The van der Waals surface area contributed by atoms with Gasteiger partial charge < -0.3 is 20.6 Å². The molecule has 0 bridgehead atoms. The van der Waals surface area contributed by atoms with Gasteiger partial charge in [-0.15, -0.1) is 0 Å². The monoisotopic (exact) mass is 440 g/mol. The molecule has 4 N–H and O–H groups in total. The number of benzene rings is 3. The molecule has 0 fully saturated rings. The molecule has 0 saturated carbocycles. The molecule has 0 spiro atoms. The maximum atomic E-state index is 11.0. The average molecular weight is 440 g/mol. The molecule has 0 unspecified atom stereocenters. The van der Waals surface area contributed by atoms with E-state index in [1.54, 1.807) is 24.3 Å². The third kappa shape index (κ3) is 7.30. The Morgan fingerprint density at radius 2 is 1.14 bits per heavy atom. The zero-order valence-corrected chi connectivity index (χ0v) is 20.8. The molecule has 12 heteroatoms. The van der Waals surface area contributed by atoms with Crippen molar-refractivity contribution < 1.29 is 85.1 Å². The largest absolute Gasteiger partial charge is 1.00 e. The first kappa shape index (κ1) is 27.3. The predicted octanol–water partition coefficient (Wildman–Crippen LogP) is -4.49. The number of nitrogens with two attached hydrogens (primary N) is 2. The van der Waals surface area contributed by atoms with Crippen LogP contribution in [0.2, 0.25) is 0 Å². The third-order valence-electron chi connectivity index (χ3n) is 3.36. The smallest absolute Gasteiger partial charge is 0.744 e. The van der Waals surface area contributed by atoms with Gasteiger partial charge >= 0.3 is 59.1 Å². The van der Waals surface area contributed by atoms with E-state index in [2.05, 4.69) is 0 Å². The predicted molar refractivity (Wildman–Crippen MR) is 95.1 cm³/mol. The average Bonchev–Trinajstić information content (AvgIpc) is 2.54. The first-order valence-electron chi connectivity index (χ1n) is 7.04. The van der Waals surface area contributed by atoms with Crippen molar-refractivity contribution in [1.82, 2.24) is 0 Å². The van der Waals surface area contributed by atoms with Crippen molar-refractivity contribution >= 4 is 42.4 Å². The second kappa shape index (κ2) is 10.9. The molecule has 0 aliphatic heterocycles. The molecule has 0 heterocycles. The zero-order chi connectivity index (χ0) is 19.5. The molecular formula is C16H14N2Na2O6S2. The summed E-state index contributed by atoms with van der Waals surface area (Å²) in [6.45, 7) is 0. The van der Waals surface area contributed by atoms with Crippen molar-refractivity contribution in [3.63, 3.8) is 0 Å². The molecule has 28 heavy (non-hydrogen) atoms. The Balaban J connectivity index is 0.000000507. The SMILES string of the molecule is Nc1ccc(S(=O)(=O)[O-])c2ccccc12.Nc1ccc(S(=O)(=O)[O-])cc1.[Na+].[Na+]. The van der Waals surface area contributed by atoms with Crippen molar-refractivity contribution in [3.05, 3.63) is 60.7 Å². The topological polar surface area (TPSA) is 166 Å². The fraction of sp³-hybridized carbons (Fsp3) is 0. The molecule has 8 nitrogen and oxygen atoms in total. The van der Waals surface area contributed by atoms with Gasteiger partial charge in [-0.2, -0.15) is 0 Å². The van der Waals surface area contributed by atoms with Crippen LogP contribution in [0.15, 0.2) is 70.5 Å². The van der Waals surface area contributed by atoms with E-state index in [0.29, 0.717) is 22.1 Å². The minimum atomic E-state index is -4.45. The fourth-order valence-electron chi connectivity index (χ4n) is 2.15. The zero-order valence-electron chi connectivity index (χ0n) is 15.2. The van der Waals surface area contributed by atoms with Crippen molar-refractivity contribution in [2.75, 3.05) is 11.5 Å². The van der Waals surface area contributed by atoms with Crippen molar-refractivity contribution in [2.24, 2.45) is 0 Å². The molecule has 0 aliphatic rings. The number of nitrogen functional groups attached to an aromatic ring is 2. The van der Waals surface area contributed by atoms with Crippen LogP contribution in [-0.2, 0) is 20.2 Å².